The van der Waals surface area contributed by atoms with Crippen molar-refractivity contribution in [1.29, 1.82) is 0 Å². The highest BCUT2D eigenvalue weighted by Gasteiger charge is 2.23. The van der Waals surface area contributed by atoms with Crippen LogP contribution in [0.5, 0.6) is 0 Å². The summed E-state index contributed by atoms with van der Waals surface area (Å²) in [5.74, 6) is -9.42. The van der Waals surface area contributed by atoms with E-state index < -0.39 is 45.7 Å². The minimum atomic E-state index is -1.87. The highest BCUT2D eigenvalue weighted by Crippen LogP contribution is 2.37. The zero-order valence-electron chi connectivity index (χ0n) is 11.7. The van der Waals surface area contributed by atoms with Gasteiger partial charge in [-0.2, -0.15) is 0 Å². The number of benzene rings is 4. The Morgan fingerprint density at radius 3 is 1.83 bits per heavy atom. The van der Waals surface area contributed by atoms with Crippen LogP contribution in [0.25, 0.3) is 32.3 Å². The van der Waals surface area contributed by atoms with E-state index in [0.717, 1.165) is 6.07 Å². The number of rotatable bonds is 0. The Morgan fingerprint density at radius 1 is 0.500 bits per heavy atom. The average molecular weight is 336 g/mol. The van der Waals surface area contributed by atoms with Gasteiger partial charge < -0.3 is 0 Å². The lowest BCUT2D eigenvalue weighted by Crippen LogP contribution is -1.99. The molecule has 24 heavy (non-hydrogen) atoms. The molecule has 0 fully saturated rings. The second-order valence-corrected chi connectivity index (χ2v) is 5.37. The van der Waals surface area contributed by atoms with Gasteiger partial charge in [0.1, 0.15) is 5.82 Å². The molecule has 0 aliphatic carbocycles. The molecule has 0 atom stereocenters. The van der Waals surface area contributed by atoms with E-state index in [1.165, 1.54) is 24.3 Å². The van der Waals surface area contributed by atoms with Gasteiger partial charge in [-0.1, -0.05) is 24.3 Å². The molecule has 0 aliphatic rings. The van der Waals surface area contributed by atoms with Crippen molar-refractivity contribution in [2.45, 2.75) is 0 Å². The molecular weight excluding hydrogens is 330 g/mol. The molecule has 6 heteroatoms. The lowest BCUT2D eigenvalue weighted by molar-refractivity contribution is 0.451. The molecule has 0 saturated heterocycles. The summed E-state index contributed by atoms with van der Waals surface area (Å²) < 4.78 is 83.9. The van der Waals surface area contributed by atoms with E-state index >= 15 is 0 Å². The molecule has 0 heterocycles. The lowest BCUT2D eigenvalue weighted by Gasteiger charge is -2.11. The molecule has 4 aromatic carbocycles. The van der Waals surface area contributed by atoms with Crippen LogP contribution in [0.3, 0.4) is 0 Å². The summed E-state index contributed by atoms with van der Waals surface area (Å²) in [6.07, 6.45) is 0. The van der Waals surface area contributed by atoms with E-state index in [9.17, 15) is 26.3 Å². The molecule has 0 spiro atoms. The molecule has 0 aliphatic heterocycles. The highest BCUT2D eigenvalue weighted by molar-refractivity contribution is 6.13. The van der Waals surface area contributed by atoms with Crippen LogP contribution >= 0.6 is 0 Å². The van der Waals surface area contributed by atoms with Crippen LogP contribution in [0.2, 0.25) is 0 Å². The predicted molar refractivity (Wildman–Crippen MR) is 78.7 cm³/mol. The van der Waals surface area contributed by atoms with Crippen molar-refractivity contribution < 1.29 is 26.3 Å². The van der Waals surface area contributed by atoms with Gasteiger partial charge in [-0.25, -0.2) is 26.3 Å². The van der Waals surface area contributed by atoms with Crippen molar-refractivity contribution in [3.05, 3.63) is 71.3 Å². The highest BCUT2D eigenvalue weighted by atomic mass is 19.2. The summed E-state index contributed by atoms with van der Waals surface area (Å²) in [4.78, 5) is 0. The molecule has 4 rings (SSSR count). The van der Waals surface area contributed by atoms with E-state index in [-0.39, 0.29) is 21.5 Å². The lowest BCUT2D eigenvalue weighted by atomic mass is 9.96. The number of fused-ring (bicyclic) bond motifs is 4. The molecule has 0 nitrogen and oxygen atoms in total. The van der Waals surface area contributed by atoms with E-state index in [1.54, 1.807) is 0 Å². The summed E-state index contributed by atoms with van der Waals surface area (Å²) >= 11 is 0. The second kappa shape index (κ2) is 4.87. The monoisotopic (exact) mass is 336 g/mol. The largest absolute Gasteiger partial charge is 0.205 e. The van der Waals surface area contributed by atoms with Crippen LogP contribution in [0, 0.1) is 34.9 Å². The van der Waals surface area contributed by atoms with Crippen molar-refractivity contribution in [3.63, 3.8) is 0 Å². The number of halogens is 6. The Balaban J connectivity index is 2.37. The van der Waals surface area contributed by atoms with Crippen molar-refractivity contribution >= 4 is 32.3 Å². The summed E-state index contributed by atoms with van der Waals surface area (Å²) in [5.41, 5.74) is 0. The molecule has 0 amide bonds. The van der Waals surface area contributed by atoms with Gasteiger partial charge in [0.25, 0.3) is 0 Å². The number of hydrogen-bond acceptors (Lipinski definition) is 0. The van der Waals surface area contributed by atoms with Crippen LogP contribution in [0.15, 0.2) is 36.4 Å². The third-order valence-electron chi connectivity index (χ3n) is 4.07. The van der Waals surface area contributed by atoms with Crippen LogP contribution in [0.4, 0.5) is 26.3 Å². The molecule has 4 aromatic rings. The fourth-order valence-corrected chi connectivity index (χ4v) is 2.99. The minimum absolute atomic E-state index is 0.0556. The topological polar surface area (TPSA) is 0 Å². The molecule has 0 bridgehead atoms. The molecule has 0 saturated carbocycles. The Hall–Kier alpha value is -2.76. The maximum Gasteiger partial charge on any atom is 0.195 e. The van der Waals surface area contributed by atoms with Gasteiger partial charge in [-0.3, -0.25) is 0 Å². The fourth-order valence-electron chi connectivity index (χ4n) is 2.99. The number of hydrogen-bond donors (Lipinski definition) is 0. The smallest absolute Gasteiger partial charge is 0.195 e. The third kappa shape index (κ3) is 1.76. The summed E-state index contributed by atoms with van der Waals surface area (Å²) in [7, 11) is 0. The van der Waals surface area contributed by atoms with Crippen LogP contribution in [-0.2, 0) is 0 Å². The zero-order valence-corrected chi connectivity index (χ0v) is 11.7. The van der Waals surface area contributed by atoms with Gasteiger partial charge >= 0.3 is 0 Å². The van der Waals surface area contributed by atoms with E-state index in [1.807, 2.05) is 0 Å². The predicted octanol–water partition coefficient (Wildman–Crippen LogP) is 5.98. The van der Waals surface area contributed by atoms with E-state index in [2.05, 4.69) is 0 Å². The molecule has 0 N–H and O–H groups in total. The first-order chi connectivity index (χ1) is 11.4. The molecule has 0 aromatic heterocycles. The van der Waals surface area contributed by atoms with Gasteiger partial charge in [-0.05, 0) is 28.3 Å². The average Bonchev–Trinajstić information content (AvgIpc) is 2.57. The maximum absolute atomic E-state index is 14.7. The standard InChI is InChI=1S/C18H6F6/c19-11-6-7-5-10-8-3-1-2-4-9(8)14(20)18(24)13(10)16(22)12(7)17(23)15(11)21/h1-6H. The Kier molecular flexibility index (Phi) is 3.00. The second-order valence-electron chi connectivity index (χ2n) is 5.37. The summed E-state index contributed by atoms with van der Waals surface area (Å²) in [6, 6.07) is 7.48. The van der Waals surface area contributed by atoms with Crippen LogP contribution in [-0.4, -0.2) is 0 Å². The van der Waals surface area contributed by atoms with Gasteiger partial charge in [0.15, 0.2) is 29.1 Å². The normalized spacial score (nSPS) is 11.8. The summed E-state index contributed by atoms with van der Waals surface area (Å²) in [5, 5.41) is -1.98. The van der Waals surface area contributed by atoms with Crippen molar-refractivity contribution in [3.8, 4) is 0 Å². The Bertz CT molecular complexity index is 1160. The summed E-state index contributed by atoms with van der Waals surface area (Å²) in [6.45, 7) is 0. The van der Waals surface area contributed by atoms with Gasteiger partial charge in [0.05, 0.1) is 10.8 Å². The van der Waals surface area contributed by atoms with Crippen molar-refractivity contribution in [2.75, 3.05) is 0 Å². The molecular formula is C18H6F6. The van der Waals surface area contributed by atoms with E-state index in [4.69, 9.17) is 0 Å². The van der Waals surface area contributed by atoms with E-state index in [0.29, 0.717) is 6.07 Å². The van der Waals surface area contributed by atoms with Gasteiger partial charge in [0, 0.05) is 5.39 Å². The van der Waals surface area contributed by atoms with Gasteiger partial charge in [0.2, 0.25) is 0 Å². The minimum Gasteiger partial charge on any atom is -0.205 e. The first-order valence-corrected chi connectivity index (χ1v) is 6.87. The zero-order chi connectivity index (χ0) is 17.2. The van der Waals surface area contributed by atoms with Crippen LogP contribution < -0.4 is 0 Å². The first-order valence-electron chi connectivity index (χ1n) is 6.87. The van der Waals surface area contributed by atoms with Gasteiger partial charge in [-0.15, -0.1) is 0 Å². The van der Waals surface area contributed by atoms with Crippen molar-refractivity contribution in [2.24, 2.45) is 0 Å². The van der Waals surface area contributed by atoms with Crippen LogP contribution in [0.1, 0.15) is 0 Å². The molecule has 120 valence electrons. The molecule has 0 radical (unpaired) electrons. The quantitative estimate of drug-likeness (QED) is 0.160. The maximum atomic E-state index is 14.7. The first kappa shape index (κ1) is 14.8. The third-order valence-corrected chi connectivity index (χ3v) is 4.07. The fraction of sp³-hybridized carbons (Fsp3) is 0. The van der Waals surface area contributed by atoms with Crippen molar-refractivity contribution in [1.82, 2.24) is 0 Å². The Labute approximate surface area is 130 Å². The molecule has 0 unspecified atom stereocenters. The Morgan fingerprint density at radius 2 is 1.12 bits per heavy atom. The SMILES string of the molecule is Fc1cc2cc3c(c(F)c(F)c4ccccc43)c(F)c2c(F)c1F.